The number of anilines is 1. The molecule has 47 heavy (non-hydrogen) atoms. The summed E-state index contributed by atoms with van der Waals surface area (Å²) in [6.07, 6.45) is 0.517. The Morgan fingerprint density at radius 3 is 2.57 bits per heavy atom. The van der Waals surface area contributed by atoms with Crippen molar-refractivity contribution in [3.8, 4) is 11.8 Å². The van der Waals surface area contributed by atoms with Crippen LogP contribution in [0.2, 0.25) is 0 Å². The summed E-state index contributed by atoms with van der Waals surface area (Å²) in [5.41, 5.74) is 3.58. The summed E-state index contributed by atoms with van der Waals surface area (Å²) >= 11 is 0. The fraction of sp³-hybridized carbons (Fsp3) is 0.622. The first-order valence-electron chi connectivity index (χ1n) is 16.9. The number of carbonyl (C=O) groups is 1. The number of hydrogen-bond acceptors (Lipinski definition) is 9. The Labute approximate surface area is 280 Å². The predicted molar refractivity (Wildman–Crippen MR) is 181 cm³/mol. The summed E-state index contributed by atoms with van der Waals surface area (Å²) in [7, 11) is 1.72. The predicted octanol–water partition coefficient (Wildman–Crippen LogP) is 6.31. The topological polar surface area (TPSA) is 103 Å². The maximum atomic E-state index is 13.3. The molecule has 0 saturated carbocycles. The first-order chi connectivity index (χ1) is 22.6. The molecule has 2 aliphatic rings. The first-order valence-corrected chi connectivity index (χ1v) is 16.9. The van der Waals surface area contributed by atoms with Gasteiger partial charge in [0.2, 0.25) is 0 Å². The molecule has 0 aliphatic carbocycles. The van der Waals surface area contributed by atoms with Crippen molar-refractivity contribution in [2.75, 3.05) is 64.6 Å². The van der Waals surface area contributed by atoms with E-state index >= 15 is 0 Å². The number of carbonyl (C=O) groups excluding carboxylic acids is 1. The van der Waals surface area contributed by atoms with E-state index in [2.05, 4.69) is 41.3 Å². The summed E-state index contributed by atoms with van der Waals surface area (Å²) in [6.45, 7) is 15.4. The Bertz CT molecular complexity index is 1310. The van der Waals surface area contributed by atoms with Gasteiger partial charge in [-0.3, -0.25) is 0 Å². The van der Waals surface area contributed by atoms with Crippen molar-refractivity contribution in [1.82, 2.24) is 4.90 Å². The molecular weight excluding hydrogens is 598 g/mol. The van der Waals surface area contributed by atoms with E-state index in [1.54, 1.807) is 12.0 Å². The number of nitriles is 1. The molecule has 4 rings (SSSR count). The highest BCUT2D eigenvalue weighted by atomic mass is 16.6. The summed E-state index contributed by atoms with van der Waals surface area (Å²) < 4.78 is 35.1. The van der Waals surface area contributed by atoms with Gasteiger partial charge in [-0.05, 0) is 75.8 Å². The molecule has 0 unspecified atom stereocenters. The van der Waals surface area contributed by atoms with Crippen LogP contribution in [0.15, 0.2) is 42.5 Å². The minimum Gasteiger partial charge on any atom is -0.490 e. The van der Waals surface area contributed by atoms with E-state index in [1.165, 1.54) is 0 Å². The first kappa shape index (κ1) is 36.5. The minimum atomic E-state index is -0.631. The van der Waals surface area contributed by atoms with Crippen LogP contribution in [0.1, 0.15) is 70.1 Å². The highest BCUT2D eigenvalue weighted by Gasteiger charge is 2.41. The highest BCUT2D eigenvalue weighted by Crippen LogP contribution is 2.39. The van der Waals surface area contributed by atoms with Crippen LogP contribution < -0.4 is 9.64 Å². The molecule has 2 heterocycles. The second-order valence-electron chi connectivity index (χ2n) is 13.4. The van der Waals surface area contributed by atoms with Crippen LogP contribution >= 0.6 is 0 Å². The molecule has 10 nitrogen and oxygen atoms in total. The lowest BCUT2D eigenvalue weighted by Gasteiger charge is -2.43. The lowest BCUT2D eigenvalue weighted by molar-refractivity contribution is -0.0521. The van der Waals surface area contributed by atoms with Gasteiger partial charge in [-0.15, -0.1) is 0 Å². The SMILES string of the molecule is CCO[C@H](C)COCc1ccc([C@H]2[C@H](CC#N)CN(C(=O)OC(C)(C)C)C[C@@H]2OCc2ccc3c(c2)N(CCCOC)CCO3)cc1. The van der Waals surface area contributed by atoms with Crippen molar-refractivity contribution >= 4 is 11.8 Å². The summed E-state index contributed by atoms with van der Waals surface area (Å²) in [5, 5.41) is 9.85. The number of ether oxygens (including phenoxy) is 6. The van der Waals surface area contributed by atoms with E-state index < -0.39 is 5.60 Å². The Hall–Kier alpha value is -3.36. The van der Waals surface area contributed by atoms with Gasteiger partial charge < -0.3 is 38.2 Å². The lowest BCUT2D eigenvalue weighted by atomic mass is 9.77. The second-order valence-corrected chi connectivity index (χ2v) is 13.4. The lowest BCUT2D eigenvalue weighted by Crippen LogP contribution is -2.52. The third kappa shape index (κ3) is 10.8. The van der Waals surface area contributed by atoms with Crippen molar-refractivity contribution in [3.05, 3.63) is 59.2 Å². The van der Waals surface area contributed by atoms with Crippen LogP contribution in [-0.4, -0.2) is 88.5 Å². The molecule has 258 valence electrons. The molecule has 0 N–H and O–H groups in total. The van der Waals surface area contributed by atoms with E-state index in [0.29, 0.717) is 52.7 Å². The zero-order valence-electron chi connectivity index (χ0n) is 29.0. The Morgan fingerprint density at radius 1 is 1.11 bits per heavy atom. The van der Waals surface area contributed by atoms with Crippen molar-refractivity contribution in [2.45, 2.75) is 84.4 Å². The standard InChI is InChI=1S/C37H53N3O7/c1-7-44-27(2)24-43-25-28-9-12-30(13-10-28)35-31(15-16-38)22-40(36(41)47-37(3,4)5)23-34(35)46-26-29-11-14-33-32(21-29)39(18-20-45-33)17-8-19-42-6/h9-14,21,27,31,34-35H,7-8,15,17-20,22-26H2,1-6H3/t27-,31-,34+,35+/m1/s1. The fourth-order valence-electron chi connectivity index (χ4n) is 6.29. The van der Waals surface area contributed by atoms with Gasteiger partial charge >= 0.3 is 6.09 Å². The van der Waals surface area contributed by atoms with E-state index in [-0.39, 0.29) is 36.6 Å². The summed E-state index contributed by atoms with van der Waals surface area (Å²) in [4.78, 5) is 17.3. The monoisotopic (exact) mass is 651 g/mol. The van der Waals surface area contributed by atoms with Crippen molar-refractivity contribution in [2.24, 2.45) is 5.92 Å². The van der Waals surface area contributed by atoms with Crippen LogP contribution in [0.25, 0.3) is 0 Å². The number of hydrogen-bond donors (Lipinski definition) is 0. The van der Waals surface area contributed by atoms with Crippen molar-refractivity contribution < 1.29 is 33.2 Å². The Morgan fingerprint density at radius 2 is 1.87 bits per heavy atom. The number of methoxy groups -OCH3 is 1. The quantitative estimate of drug-likeness (QED) is 0.205. The van der Waals surface area contributed by atoms with Gasteiger partial charge in [-0.1, -0.05) is 30.3 Å². The fourth-order valence-corrected chi connectivity index (χ4v) is 6.29. The van der Waals surface area contributed by atoms with Gasteiger partial charge in [-0.25, -0.2) is 4.79 Å². The van der Waals surface area contributed by atoms with Gasteiger partial charge in [0.05, 0.1) is 56.9 Å². The van der Waals surface area contributed by atoms with Gasteiger partial charge in [-0.2, -0.15) is 5.26 Å². The Kier molecular flexibility index (Phi) is 13.7. The van der Waals surface area contributed by atoms with Gasteiger partial charge in [0.15, 0.2) is 0 Å². The zero-order chi connectivity index (χ0) is 33.8. The third-order valence-electron chi connectivity index (χ3n) is 8.43. The van der Waals surface area contributed by atoms with Crippen LogP contribution in [0.5, 0.6) is 5.75 Å². The molecule has 0 radical (unpaired) electrons. The Balaban J connectivity index is 1.54. The highest BCUT2D eigenvalue weighted by molar-refractivity contribution is 5.68. The normalized spacial score (nSPS) is 20.2. The van der Waals surface area contributed by atoms with E-state index in [1.807, 2.05) is 46.8 Å². The molecule has 2 aliphatic heterocycles. The largest absolute Gasteiger partial charge is 0.490 e. The smallest absolute Gasteiger partial charge is 0.410 e. The molecule has 10 heteroatoms. The molecule has 1 amide bonds. The van der Waals surface area contributed by atoms with E-state index in [4.69, 9.17) is 28.4 Å². The summed E-state index contributed by atoms with van der Waals surface area (Å²) in [6, 6.07) is 16.9. The molecule has 0 bridgehead atoms. The molecular formula is C37H53N3O7. The summed E-state index contributed by atoms with van der Waals surface area (Å²) in [5.74, 6) is 0.649. The van der Waals surface area contributed by atoms with Crippen LogP contribution in [0.3, 0.4) is 0 Å². The third-order valence-corrected chi connectivity index (χ3v) is 8.43. The molecule has 2 aromatic rings. The molecule has 1 saturated heterocycles. The number of fused-ring (bicyclic) bond motifs is 1. The second kappa shape index (κ2) is 17.7. The number of amides is 1. The number of rotatable bonds is 15. The van der Waals surface area contributed by atoms with Crippen molar-refractivity contribution in [1.29, 1.82) is 5.26 Å². The zero-order valence-corrected chi connectivity index (χ0v) is 29.0. The van der Waals surface area contributed by atoms with Gasteiger partial charge in [0.1, 0.15) is 18.0 Å². The molecule has 1 fully saturated rings. The molecule has 0 aromatic heterocycles. The number of nitrogens with zero attached hydrogens (tertiary/aromatic N) is 3. The number of piperidine rings is 1. The maximum Gasteiger partial charge on any atom is 0.410 e. The minimum absolute atomic E-state index is 0.0421. The van der Waals surface area contributed by atoms with E-state index in [0.717, 1.165) is 47.6 Å². The average Bonchev–Trinajstić information content (AvgIpc) is 3.04. The maximum absolute atomic E-state index is 13.3. The van der Waals surface area contributed by atoms with Gasteiger partial charge in [0, 0.05) is 45.8 Å². The number of likely N-dealkylation sites (tertiary alicyclic amines) is 1. The van der Waals surface area contributed by atoms with Crippen LogP contribution in [0, 0.1) is 17.2 Å². The van der Waals surface area contributed by atoms with Crippen LogP contribution in [-0.2, 0) is 36.9 Å². The number of benzene rings is 2. The van der Waals surface area contributed by atoms with Gasteiger partial charge in [0.25, 0.3) is 0 Å². The average molecular weight is 652 g/mol. The molecule has 2 aromatic carbocycles. The van der Waals surface area contributed by atoms with E-state index in [9.17, 15) is 10.1 Å². The molecule has 4 atom stereocenters. The molecule has 0 spiro atoms. The van der Waals surface area contributed by atoms with Crippen LogP contribution in [0.4, 0.5) is 10.5 Å². The van der Waals surface area contributed by atoms with Crippen molar-refractivity contribution in [3.63, 3.8) is 0 Å².